The maximum absolute atomic E-state index is 10.8. The third kappa shape index (κ3) is 4.02. The Morgan fingerprint density at radius 3 is 2.31 bits per heavy atom. The molecule has 0 bridgehead atoms. The van der Waals surface area contributed by atoms with Gasteiger partial charge in [-0.25, -0.2) is 4.84 Å². The second-order valence-corrected chi connectivity index (χ2v) is 1.97. The Balaban J connectivity index is 0.00000144. The molecule has 63 valence electrons. The van der Waals surface area contributed by atoms with Gasteiger partial charge in [-0.15, -0.1) is 10.1 Å². The predicted octanol–water partition coefficient (Wildman–Crippen LogP) is 0.654. The van der Waals surface area contributed by atoms with E-state index < -0.39 is 11.1 Å². The van der Waals surface area contributed by atoms with Gasteiger partial charge in [-0.1, -0.05) is 18.2 Å². The number of hydrogen-bond acceptors (Lipinski definition) is 4. The van der Waals surface area contributed by atoms with E-state index in [9.17, 15) is 14.9 Å². The summed E-state index contributed by atoms with van der Waals surface area (Å²) in [7, 11) is 0. The fourth-order valence-electron chi connectivity index (χ4n) is 0.695. The van der Waals surface area contributed by atoms with Gasteiger partial charge in [0.2, 0.25) is 0 Å². The van der Waals surface area contributed by atoms with E-state index in [0.29, 0.717) is 0 Å². The topological polar surface area (TPSA) is 69.4 Å². The zero-order valence-corrected chi connectivity index (χ0v) is 8.97. The maximum Gasteiger partial charge on any atom is 0.334 e. The Kier molecular flexibility index (Phi) is 5.29. The van der Waals surface area contributed by atoms with Gasteiger partial charge in [0.05, 0.1) is 0 Å². The van der Waals surface area contributed by atoms with Gasteiger partial charge in [0, 0.05) is 35.1 Å². The van der Waals surface area contributed by atoms with Crippen molar-refractivity contribution in [3.8, 4) is 0 Å². The summed E-state index contributed by atoms with van der Waals surface area (Å²) in [6, 6.07) is 7.76. The molecule has 0 saturated carbocycles. The van der Waals surface area contributed by atoms with Gasteiger partial charge in [-0.2, -0.15) is 0 Å². The molecule has 0 saturated heterocycles. The molecule has 0 unspecified atom stereocenters. The Morgan fingerprint density at radius 2 is 1.85 bits per heavy atom. The smallest absolute Gasteiger partial charge is 0.263 e. The standard InChI is InChI=1S/C7H5NO4.Na/c9-7(12-8(10)11)6-4-2-1-3-5-6;/h1-5H;. The number of carbonyl (C=O) groups excluding carboxylic acids is 1. The third-order valence-electron chi connectivity index (χ3n) is 1.17. The average molecular weight is 190 g/mol. The van der Waals surface area contributed by atoms with Gasteiger partial charge in [-0.3, -0.25) is 4.79 Å². The van der Waals surface area contributed by atoms with Crippen molar-refractivity contribution >= 4 is 35.5 Å². The van der Waals surface area contributed by atoms with Crippen LogP contribution in [0, 0.1) is 10.1 Å². The Morgan fingerprint density at radius 1 is 1.31 bits per heavy atom. The van der Waals surface area contributed by atoms with Crippen LogP contribution in [0.3, 0.4) is 0 Å². The van der Waals surface area contributed by atoms with Crippen molar-refractivity contribution in [3.05, 3.63) is 46.0 Å². The van der Waals surface area contributed by atoms with E-state index in [1.807, 2.05) is 0 Å². The van der Waals surface area contributed by atoms with Gasteiger partial charge in [0.1, 0.15) is 0 Å². The largest absolute Gasteiger partial charge is 0.334 e. The minimum atomic E-state index is -1.13. The number of hydrogen-bond donors (Lipinski definition) is 0. The molecule has 6 heteroatoms. The second-order valence-electron chi connectivity index (χ2n) is 1.97. The number of carbonyl (C=O) groups is 1. The second kappa shape index (κ2) is 5.69. The zero-order valence-electron chi connectivity index (χ0n) is 6.97. The monoisotopic (exact) mass is 190 g/mol. The molecule has 1 aromatic carbocycles. The summed E-state index contributed by atoms with van der Waals surface area (Å²) in [6.07, 6.45) is 0. The van der Waals surface area contributed by atoms with Crippen LogP contribution < -0.4 is 0 Å². The molecule has 0 aliphatic heterocycles. The summed E-state index contributed by atoms with van der Waals surface area (Å²) in [5.41, 5.74) is 0.161. The first-order valence-electron chi connectivity index (χ1n) is 3.12. The molecule has 0 amide bonds. The van der Waals surface area contributed by atoms with Gasteiger partial charge in [0.15, 0.2) is 0 Å². The number of nitrogens with zero attached hydrogens (tertiary/aromatic N) is 1. The van der Waals surface area contributed by atoms with Gasteiger partial charge in [0.25, 0.3) is 0 Å². The van der Waals surface area contributed by atoms with Crippen LogP contribution in [0.2, 0.25) is 0 Å². The fourth-order valence-corrected chi connectivity index (χ4v) is 0.695. The first kappa shape index (κ1) is 12.1. The number of rotatable bonds is 2. The van der Waals surface area contributed by atoms with Gasteiger partial charge < -0.3 is 0 Å². The van der Waals surface area contributed by atoms with Crippen LogP contribution in [0.25, 0.3) is 0 Å². The van der Waals surface area contributed by atoms with Gasteiger partial charge in [-0.05, 0) is 12.1 Å². The van der Waals surface area contributed by atoms with E-state index in [4.69, 9.17) is 0 Å². The van der Waals surface area contributed by atoms with Crippen molar-refractivity contribution in [2.24, 2.45) is 0 Å². The minimum absolute atomic E-state index is 0. The van der Waals surface area contributed by atoms with E-state index >= 15 is 0 Å². The summed E-state index contributed by atoms with van der Waals surface area (Å²) in [5, 5.41) is 8.62. The third-order valence-corrected chi connectivity index (χ3v) is 1.17. The van der Waals surface area contributed by atoms with Crippen molar-refractivity contribution < 1.29 is 14.7 Å². The molecular formula is C7H5NNaO4. The van der Waals surface area contributed by atoms with E-state index in [2.05, 4.69) is 4.84 Å². The fraction of sp³-hybridized carbons (Fsp3) is 0. The van der Waals surface area contributed by atoms with E-state index in [-0.39, 0.29) is 35.1 Å². The summed E-state index contributed by atoms with van der Waals surface area (Å²) in [5.74, 6) is -0.958. The zero-order chi connectivity index (χ0) is 8.97. The van der Waals surface area contributed by atoms with E-state index in [1.54, 1.807) is 18.2 Å². The molecule has 0 spiro atoms. The molecule has 1 rings (SSSR count). The Labute approximate surface area is 96.1 Å². The van der Waals surface area contributed by atoms with Crippen molar-refractivity contribution in [1.82, 2.24) is 0 Å². The van der Waals surface area contributed by atoms with E-state index in [0.717, 1.165) is 0 Å². The van der Waals surface area contributed by atoms with Crippen LogP contribution in [-0.4, -0.2) is 40.6 Å². The van der Waals surface area contributed by atoms with Crippen molar-refractivity contribution in [1.29, 1.82) is 0 Å². The summed E-state index contributed by atoms with van der Waals surface area (Å²) >= 11 is 0. The minimum Gasteiger partial charge on any atom is -0.263 e. The van der Waals surface area contributed by atoms with Crippen molar-refractivity contribution in [2.45, 2.75) is 0 Å². The summed E-state index contributed by atoms with van der Waals surface area (Å²) in [4.78, 5) is 24.3. The van der Waals surface area contributed by atoms with Crippen LogP contribution in [-0.2, 0) is 4.84 Å². The van der Waals surface area contributed by atoms with Crippen LogP contribution in [0.5, 0.6) is 0 Å². The molecule has 0 heterocycles. The molecule has 0 fully saturated rings. The van der Waals surface area contributed by atoms with Crippen molar-refractivity contribution in [2.75, 3.05) is 0 Å². The first-order valence-corrected chi connectivity index (χ1v) is 3.12. The van der Waals surface area contributed by atoms with Crippen LogP contribution in [0.1, 0.15) is 10.4 Å². The average Bonchev–Trinajstić information content (AvgIpc) is 2.05. The molecule has 5 nitrogen and oxygen atoms in total. The molecule has 0 aliphatic carbocycles. The quantitative estimate of drug-likeness (QED) is 0.390. The predicted molar refractivity (Wildman–Crippen MR) is 44.6 cm³/mol. The molecule has 0 atom stereocenters. The number of benzene rings is 1. The van der Waals surface area contributed by atoms with Crippen LogP contribution in [0.15, 0.2) is 30.3 Å². The molecule has 1 aromatic rings. The summed E-state index contributed by atoms with van der Waals surface area (Å²) in [6.45, 7) is 0. The van der Waals surface area contributed by atoms with Gasteiger partial charge >= 0.3 is 11.1 Å². The van der Waals surface area contributed by atoms with Crippen LogP contribution >= 0.6 is 0 Å². The molecule has 0 aliphatic rings. The molecule has 1 radical (unpaired) electrons. The van der Waals surface area contributed by atoms with E-state index in [1.165, 1.54) is 12.1 Å². The van der Waals surface area contributed by atoms with Crippen molar-refractivity contribution in [3.63, 3.8) is 0 Å². The Bertz CT molecular complexity index is 301. The Hall–Kier alpha value is -0.910. The summed E-state index contributed by atoms with van der Waals surface area (Å²) < 4.78 is 0. The van der Waals surface area contributed by atoms with Crippen LogP contribution in [0.4, 0.5) is 0 Å². The first-order chi connectivity index (χ1) is 5.70. The SMILES string of the molecule is O=C(O[N+](=O)[O-])c1ccccc1.[Na]. The molecule has 0 N–H and O–H groups in total. The molecule has 0 aromatic heterocycles. The normalized spacial score (nSPS) is 8.31. The molecule has 13 heavy (non-hydrogen) atoms. The maximum atomic E-state index is 10.8. The molecular weight excluding hydrogens is 185 g/mol.